The van der Waals surface area contributed by atoms with E-state index in [1.165, 1.54) is 19.9 Å². The summed E-state index contributed by atoms with van der Waals surface area (Å²) < 4.78 is 42.1. The van der Waals surface area contributed by atoms with Crippen LogP contribution in [0.15, 0.2) is 34.9 Å². The quantitative estimate of drug-likeness (QED) is 0.211. The van der Waals surface area contributed by atoms with Crippen LogP contribution in [0.2, 0.25) is 10.0 Å². The molecule has 2 aromatic heterocycles. The number of hydrogen-bond acceptors (Lipinski definition) is 7. The minimum Gasteiger partial charge on any atom is -0.478 e. The number of aliphatic hydroxyl groups is 1. The number of thiazole rings is 1. The Morgan fingerprint density at radius 3 is 2.60 bits per heavy atom. The average molecular weight is 638 g/mol. The van der Waals surface area contributed by atoms with Crippen LogP contribution in [-0.4, -0.2) is 32.4 Å². The lowest BCUT2D eigenvalue weighted by Gasteiger charge is -2.42. The number of nitrogens with zero attached hydrogens (tertiary/aromatic N) is 2. The van der Waals surface area contributed by atoms with Crippen molar-refractivity contribution in [3.05, 3.63) is 68.1 Å². The molecule has 2 fully saturated rings. The van der Waals surface area contributed by atoms with Gasteiger partial charge < -0.3 is 19.5 Å². The van der Waals surface area contributed by atoms with Gasteiger partial charge in [0.05, 0.1) is 38.6 Å². The maximum absolute atomic E-state index is 15.2. The number of aromatic nitrogens is 2. The topological polar surface area (TPSA) is 106 Å². The smallest absolute Gasteiger partial charge is 0.335 e. The van der Waals surface area contributed by atoms with Gasteiger partial charge in [0.25, 0.3) is 0 Å². The SMILES string of the molecule is C[C@H]1C[C@@H]2C[C@@H](OCc3c(-c4c(Cl)cccc4Cl)noc3C(C)(C)F)C[C@@H]1[C@]2(O)c1nc2c(F)cc(C(=O)O)cc2s1. The van der Waals surface area contributed by atoms with Gasteiger partial charge in [-0.25, -0.2) is 18.6 Å². The van der Waals surface area contributed by atoms with Crippen molar-refractivity contribution in [3.63, 3.8) is 0 Å². The van der Waals surface area contributed by atoms with Crippen LogP contribution >= 0.6 is 34.5 Å². The molecule has 7 nitrogen and oxygen atoms in total. The molecule has 2 aliphatic carbocycles. The molecule has 0 saturated heterocycles. The summed E-state index contributed by atoms with van der Waals surface area (Å²) >= 11 is 14.0. The molecule has 2 N–H and O–H groups in total. The summed E-state index contributed by atoms with van der Waals surface area (Å²) in [6, 6.07) is 7.37. The molecule has 0 unspecified atom stereocenters. The third-order valence-electron chi connectivity index (χ3n) is 8.62. The molecular formula is C30H28Cl2F2N2O5S. The first kappa shape index (κ1) is 29.4. The second-order valence-electron chi connectivity index (χ2n) is 11.8. The monoisotopic (exact) mass is 636 g/mol. The van der Waals surface area contributed by atoms with E-state index >= 15 is 4.39 Å². The molecule has 6 rings (SSSR count). The molecule has 2 bridgehead atoms. The zero-order chi connectivity index (χ0) is 30.1. The van der Waals surface area contributed by atoms with Crippen LogP contribution in [0.5, 0.6) is 0 Å². The van der Waals surface area contributed by atoms with Crippen molar-refractivity contribution in [1.29, 1.82) is 0 Å². The first-order valence-corrected chi connectivity index (χ1v) is 15.2. The van der Waals surface area contributed by atoms with Gasteiger partial charge >= 0.3 is 5.97 Å². The fourth-order valence-corrected chi connectivity index (χ4v) is 8.53. The van der Waals surface area contributed by atoms with Gasteiger partial charge in [-0.1, -0.05) is 41.3 Å². The number of rotatable bonds is 7. The second kappa shape index (κ2) is 10.5. The number of halogens is 4. The molecule has 2 aromatic carbocycles. The fraction of sp³-hybridized carbons (Fsp3) is 0.433. The lowest BCUT2D eigenvalue weighted by Crippen LogP contribution is -2.45. The molecule has 0 spiro atoms. The Morgan fingerprint density at radius 1 is 1.24 bits per heavy atom. The van der Waals surface area contributed by atoms with Gasteiger partial charge in [0, 0.05) is 5.56 Å². The summed E-state index contributed by atoms with van der Waals surface area (Å²) in [5.74, 6) is -2.27. The molecule has 4 aromatic rings. The summed E-state index contributed by atoms with van der Waals surface area (Å²) in [6.45, 7) is 4.80. The van der Waals surface area contributed by atoms with Crippen molar-refractivity contribution in [2.24, 2.45) is 17.8 Å². The zero-order valence-electron chi connectivity index (χ0n) is 23.0. The summed E-state index contributed by atoms with van der Waals surface area (Å²) in [4.78, 5) is 15.9. The van der Waals surface area contributed by atoms with E-state index in [1.807, 2.05) is 0 Å². The molecule has 2 saturated carbocycles. The highest BCUT2D eigenvalue weighted by molar-refractivity contribution is 7.18. The maximum Gasteiger partial charge on any atom is 0.335 e. The average Bonchev–Trinajstić information content (AvgIpc) is 3.56. The Kier molecular flexibility index (Phi) is 7.37. The molecule has 0 amide bonds. The molecule has 2 heterocycles. The molecule has 42 heavy (non-hydrogen) atoms. The van der Waals surface area contributed by atoms with Gasteiger partial charge in [-0.2, -0.15) is 0 Å². The number of hydrogen-bond donors (Lipinski definition) is 2. The van der Waals surface area contributed by atoms with Crippen LogP contribution in [0.1, 0.15) is 66.7 Å². The van der Waals surface area contributed by atoms with E-state index in [-0.39, 0.29) is 47.3 Å². The van der Waals surface area contributed by atoms with Crippen molar-refractivity contribution in [3.8, 4) is 11.3 Å². The van der Waals surface area contributed by atoms with Gasteiger partial charge in [0.2, 0.25) is 0 Å². The predicted molar refractivity (Wildman–Crippen MR) is 155 cm³/mol. The second-order valence-corrected chi connectivity index (χ2v) is 13.6. The Bertz CT molecular complexity index is 1680. The minimum absolute atomic E-state index is 0.00962. The maximum atomic E-state index is 15.2. The van der Waals surface area contributed by atoms with E-state index in [0.717, 1.165) is 23.8 Å². The number of aromatic carboxylic acids is 1. The first-order chi connectivity index (χ1) is 19.8. The Hall–Kier alpha value is -2.63. The molecule has 222 valence electrons. The fourth-order valence-electron chi connectivity index (χ4n) is 6.70. The minimum atomic E-state index is -1.85. The van der Waals surface area contributed by atoms with E-state index in [4.69, 9.17) is 32.5 Å². The van der Waals surface area contributed by atoms with Gasteiger partial charge in [-0.15, -0.1) is 11.3 Å². The summed E-state index contributed by atoms with van der Waals surface area (Å²) in [6.07, 6.45) is 1.44. The van der Waals surface area contributed by atoms with Gasteiger partial charge in [0.15, 0.2) is 17.2 Å². The highest BCUT2D eigenvalue weighted by atomic mass is 35.5. The van der Waals surface area contributed by atoms with E-state index in [9.17, 15) is 19.4 Å². The highest BCUT2D eigenvalue weighted by Gasteiger charge is 2.59. The lowest BCUT2D eigenvalue weighted by molar-refractivity contribution is -0.120. The molecule has 5 atom stereocenters. The van der Waals surface area contributed by atoms with E-state index < -0.39 is 23.1 Å². The number of benzene rings is 2. The molecule has 0 aliphatic heterocycles. The van der Waals surface area contributed by atoms with Crippen molar-refractivity contribution in [1.82, 2.24) is 10.1 Å². The number of ether oxygens (including phenoxy) is 1. The number of carboxylic acid groups (broad SMARTS) is 1. The number of alkyl halides is 1. The Morgan fingerprint density at radius 2 is 1.95 bits per heavy atom. The lowest BCUT2D eigenvalue weighted by atomic mass is 9.72. The Labute approximate surface area is 254 Å². The van der Waals surface area contributed by atoms with Gasteiger partial charge in [0.1, 0.15) is 21.8 Å². The zero-order valence-corrected chi connectivity index (χ0v) is 25.3. The summed E-state index contributed by atoms with van der Waals surface area (Å²) in [5, 5.41) is 26.6. The van der Waals surface area contributed by atoms with Crippen LogP contribution in [0.4, 0.5) is 8.78 Å². The van der Waals surface area contributed by atoms with E-state index in [1.54, 1.807) is 18.2 Å². The van der Waals surface area contributed by atoms with Crippen LogP contribution in [0.25, 0.3) is 21.5 Å². The number of carbonyl (C=O) groups is 1. The van der Waals surface area contributed by atoms with Crippen LogP contribution in [-0.2, 0) is 22.6 Å². The van der Waals surface area contributed by atoms with Gasteiger partial charge in [-0.3, -0.25) is 0 Å². The molecule has 12 heteroatoms. The standard InChI is InChI=1S/C30H28Cl2F2N2O5S/c1-13-7-15-10-16(11-18(13)30(15,39)28-35-25-21(33)8-14(27(37)38)9-22(25)42-28)40-12-17-24(36-41-26(17)29(2,3)34)23-19(31)5-4-6-20(23)32/h4-6,8-9,13,15-16,18,39H,7,10-12H2,1-3H3,(H,37,38)/t13-,15+,16+,18-,30-/m0/s1. The number of carboxylic acids is 1. The normalized spacial score (nSPS) is 25.8. The van der Waals surface area contributed by atoms with Crippen molar-refractivity contribution in [2.45, 2.75) is 64.0 Å². The van der Waals surface area contributed by atoms with E-state index in [0.29, 0.717) is 49.4 Å². The van der Waals surface area contributed by atoms with Crippen LogP contribution in [0.3, 0.4) is 0 Å². The molecule has 2 aliphatic rings. The van der Waals surface area contributed by atoms with Crippen LogP contribution in [0, 0.1) is 23.6 Å². The molecular weight excluding hydrogens is 609 g/mol. The summed E-state index contributed by atoms with van der Waals surface area (Å²) in [7, 11) is 0. The van der Waals surface area contributed by atoms with Crippen molar-refractivity contribution < 1.29 is 33.0 Å². The van der Waals surface area contributed by atoms with Crippen LogP contribution < -0.4 is 0 Å². The summed E-state index contributed by atoms with van der Waals surface area (Å²) in [5.41, 5.74) is -2.11. The van der Waals surface area contributed by atoms with E-state index in [2.05, 4.69) is 17.1 Å². The predicted octanol–water partition coefficient (Wildman–Crippen LogP) is 8.14. The number of fused-ring (bicyclic) bond motifs is 3. The Balaban J connectivity index is 1.28. The van der Waals surface area contributed by atoms with Crippen molar-refractivity contribution >= 4 is 50.7 Å². The first-order valence-electron chi connectivity index (χ1n) is 13.6. The largest absolute Gasteiger partial charge is 0.478 e. The molecule has 0 radical (unpaired) electrons. The van der Waals surface area contributed by atoms with Gasteiger partial charge in [-0.05, 0) is 75.1 Å². The highest BCUT2D eigenvalue weighted by Crippen LogP contribution is 2.59. The van der Waals surface area contributed by atoms with Crippen molar-refractivity contribution in [2.75, 3.05) is 0 Å². The third-order valence-corrected chi connectivity index (χ3v) is 10.4. The third kappa shape index (κ3) is 4.81.